The quantitative estimate of drug-likeness (QED) is 0.746. The lowest BCUT2D eigenvalue weighted by molar-refractivity contribution is 0.0929. The number of nitrogens with one attached hydrogen (secondary N) is 2. The van der Waals surface area contributed by atoms with Crippen molar-refractivity contribution in [2.45, 2.75) is 18.9 Å². The minimum absolute atomic E-state index is 0.0135. The molecule has 88 valence electrons. The van der Waals surface area contributed by atoms with Gasteiger partial charge in [0.2, 0.25) is 0 Å². The average Bonchev–Trinajstić information content (AvgIpc) is 2.40. The van der Waals surface area contributed by atoms with Gasteiger partial charge >= 0.3 is 0 Å². The molecule has 2 N–H and O–H groups in total. The van der Waals surface area contributed by atoms with Gasteiger partial charge in [0.1, 0.15) is 0 Å². The smallest absolute Gasteiger partial charge is 0.251 e. The van der Waals surface area contributed by atoms with Crippen LogP contribution in [-0.2, 0) is 0 Å². The van der Waals surface area contributed by atoms with Gasteiger partial charge in [-0.1, -0.05) is 5.92 Å². The topological polar surface area (TPSA) is 41.1 Å². The maximum Gasteiger partial charge on any atom is 0.251 e. The number of benzene rings is 1. The molecule has 1 aromatic rings. The minimum Gasteiger partial charge on any atom is -0.349 e. The van der Waals surface area contributed by atoms with E-state index in [-0.39, 0.29) is 11.9 Å². The highest BCUT2D eigenvalue weighted by molar-refractivity contribution is 5.94. The molecule has 0 spiro atoms. The van der Waals surface area contributed by atoms with Crippen molar-refractivity contribution >= 4 is 5.91 Å². The molecule has 0 atom stereocenters. The van der Waals surface area contributed by atoms with Crippen molar-refractivity contribution in [3.8, 4) is 12.3 Å². The van der Waals surface area contributed by atoms with Crippen molar-refractivity contribution in [3.05, 3.63) is 35.4 Å². The number of carbonyl (C=O) groups is 1. The number of terminal acetylenes is 1. The van der Waals surface area contributed by atoms with Gasteiger partial charge in [0, 0.05) is 17.2 Å². The summed E-state index contributed by atoms with van der Waals surface area (Å²) in [6.07, 6.45) is 7.26. The summed E-state index contributed by atoms with van der Waals surface area (Å²) in [6.45, 7) is 1.95. The number of rotatable bonds is 2. The first-order valence-electron chi connectivity index (χ1n) is 5.88. The first kappa shape index (κ1) is 11.7. The Hall–Kier alpha value is -1.79. The zero-order valence-corrected chi connectivity index (χ0v) is 9.70. The molecule has 1 aliphatic heterocycles. The van der Waals surface area contributed by atoms with Crippen LogP contribution in [0.2, 0.25) is 0 Å². The van der Waals surface area contributed by atoms with Crippen molar-refractivity contribution in [3.63, 3.8) is 0 Å². The Morgan fingerprint density at radius 3 is 2.53 bits per heavy atom. The van der Waals surface area contributed by atoms with Gasteiger partial charge in [0.05, 0.1) is 0 Å². The molecule has 1 fully saturated rings. The number of carbonyl (C=O) groups excluding carboxylic acids is 1. The van der Waals surface area contributed by atoms with Crippen LogP contribution in [0, 0.1) is 12.3 Å². The second-order valence-corrected chi connectivity index (χ2v) is 4.22. The van der Waals surface area contributed by atoms with E-state index in [0.29, 0.717) is 5.56 Å². The Labute approximate surface area is 102 Å². The Bertz CT molecular complexity index is 425. The predicted octanol–water partition coefficient (Wildman–Crippen LogP) is 1.15. The van der Waals surface area contributed by atoms with Crippen LogP contribution in [0.15, 0.2) is 24.3 Å². The molecule has 1 amide bonds. The molecule has 1 heterocycles. The van der Waals surface area contributed by atoms with Crippen LogP contribution < -0.4 is 10.6 Å². The van der Waals surface area contributed by atoms with Gasteiger partial charge in [-0.25, -0.2) is 0 Å². The normalized spacial score (nSPS) is 16.2. The molecule has 17 heavy (non-hydrogen) atoms. The summed E-state index contributed by atoms with van der Waals surface area (Å²) in [5.41, 5.74) is 1.46. The fourth-order valence-electron chi connectivity index (χ4n) is 1.95. The monoisotopic (exact) mass is 228 g/mol. The van der Waals surface area contributed by atoms with E-state index in [1.807, 2.05) is 0 Å². The lowest BCUT2D eigenvalue weighted by Crippen LogP contribution is -2.42. The zero-order valence-electron chi connectivity index (χ0n) is 9.70. The molecular weight excluding hydrogens is 212 g/mol. The van der Waals surface area contributed by atoms with Gasteiger partial charge in [0.25, 0.3) is 5.91 Å². The SMILES string of the molecule is C#Cc1ccc(C(=O)NC2CCNCC2)cc1. The van der Waals surface area contributed by atoms with E-state index in [1.165, 1.54) is 0 Å². The third-order valence-electron chi connectivity index (χ3n) is 2.99. The lowest BCUT2D eigenvalue weighted by Gasteiger charge is -2.23. The summed E-state index contributed by atoms with van der Waals surface area (Å²) in [5, 5.41) is 6.31. The Morgan fingerprint density at radius 1 is 1.29 bits per heavy atom. The summed E-state index contributed by atoms with van der Waals surface area (Å²) < 4.78 is 0. The average molecular weight is 228 g/mol. The largest absolute Gasteiger partial charge is 0.349 e. The maximum absolute atomic E-state index is 11.9. The highest BCUT2D eigenvalue weighted by atomic mass is 16.1. The Morgan fingerprint density at radius 2 is 1.94 bits per heavy atom. The molecule has 0 bridgehead atoms. The highest BCUT2D eigenvalue weighted by Crippen LogP contribution is 2.06. The number of hydrogen-bond acceptors (Lipinski definition) is 2. The van der Waals surface area contributed by atoms with Crippen molar-refractivity contribution in [2.24, 2.45) is 0 Å². The molecule has 0 unspecified atom stereocenters. The molecule has 1 aliphatic rings. The first-order chi connectivity index (χ1) is 8.29. The maximum atomic E-state index is 11.9. The Balaban J connectivity index is 1.96. The predicted molar refractivity (Wildman–Crippen MR) is 67.7 cm³/mol. The summed E-state index contributed by atoms with van der Waals surface area (Å²) in [6, 6.07) is 7.40. The van der Waals surface area contributed by atoms with Crippen LogP contribution in [0.25, 0.3) is 0 Å². The van der Waals surface area contributed by atoms with Gasteiger partial charge in [0.15, 0.2) is 0 Å². The summed E-state index contributed by atoms with van der Waals surface area (Å²) in [4.78, 5) is 11.9. The zero-order chi connectivity index (χ0) is 12.1. The highest BCUT2D eigenvalue weighted by Gasteiger charge is 2.15. The molecular formula is C14H16N2O. The standard InChI is InChI=1S/C14H16N2O/c1-2-11-3-5-12(6-4-11)14(17)16-13-7-9-15-10-8-13/h1,3-6,13,15H,7-10H2,(H,16,17). The van der Waals surface area contributed by atoms with Crippen LogP contribution in [0.1, 0.15) is 28.8 Å². The first-order valence-corrected chi connectivity index (χ1v) is 5.88. The molecule has 2 rings (SSSR count). The van der Waals surface area contributed by atoms with Crippen LogP contribution in [0.3, 0.4) is 0 Å². The summed E-state index contributed by atoms with van der Waals surface area (Å²) >= 11 is 0. The van der Waals surface area contributed by atoms with Gasteiger partial charge < -0.3 is 10.6 Å². The van der Waals surface area contributed by atoms with Crippen molar-refractivity contribution in [1.29, 1.82) is 0 Å². The molecule has 0 aromatic heterocycles. The number of amides is 1. The van der Waals surface area contributed by atoms with Gasteiger partial charge in [-0.3, -0.25) is 4.79 Å². The van der Waals surface area contributed by atoms with E-state index in [1.54, 1.807) is 24.3 Å². The fourth-order valence-corrected chi connectivity index (χ4v) is 1.95. The van der Waals surface area contributed by atoms with E-state index in [0.717, 1.165) is 31.5 Å². The third kappa shape index (κ3) is 3.08. The number of piperidine rings is 1. The third-order valence-corrected chi connectivity index (χ3v) is 2.99. The summed E-state index contributed by atoms with van der Waals surface area (Å²) in [5.74, 6) is 2.52. The second kappa shape index (κ2) is 5.51. The van der Waals surface area contributed by atoms with E-state index in [2.05, 4.69) is 16.6 Å². The van der Waals surface area contributed by atoms with Gasteiger partial charge in [-0.05, 0) is 50.2 Å². The van der Waals surface area contributed by atoms with Crippen molar-refractivity contribution in [1.82, 2.24) is 10.6 Å². The van der Waals surface area contributed by atoms with Crippen LogP contribution in [0.4, 0.5) is 0 Å². The van der Waals surface area contributed by atoms with Crippen LogP contribution in [0.5, 0.6) is 0 Å². The molecule has 0 aliphatic carbocycles. The lowest BCUT2D eigenvalue weighted by atomic mass is 10.1. The second-order valence-electron chi connectivity index (χ2n) is 4.22. The minimum atomic E-state index is -0.0135. The Kier molecular flexibility index (Phi) is 3.79. The van der Waals surface area contributed by atoms with Crippen molar-refractivity contribution < 1.29 is 4.79 Å². The molecule has 3 heteroatoms. The van der Waals surface area contributed by atoms with E-state index >= 15 is 0 Å². The van der Waals surface area contributed by atoms with E-state index < -0.39 is 0 Å². The molecule has 3 nitrogen and oxygen atoms in total. The molecule has 1 aromatic carbocycles. The van der Waals surface area contributed by atoms with Crippen LogP contribution >= 0.6 is 0 Å². The van der Waals surface area contributed by atoms with Crippen molar-refractivity contribution in [2.75, 3.05) is 13.1 Å². The van der Waals surface area contributed by atoms with E-state index in [9.17, 15) is 4.79 Å². The van der Waals surface area contributed by atoms with Crippen LogP contribution in [-0.4, -0.2) is 25.0 Å². The molecule has 0 saturated carbocycles. The fraction of sp³-hybridized carbons (Fsp3) is 0.357. The van der Waals surface area contributed by atoms with Gasteiger partial charge in [-0.15, -0.1) is 6.42 Å². The van der Waals surface area contributed by atoms with E-state index in [4.69, 9.17) is 6.42 Å². The molecule has 0 radical (unpaired) electrons. The number of hydrogen-bond donors (Lipinski definition) is 2. The van der Waals surface area contributed by atoms with Gasteiger partial charge in [-0.2, -0.15) is 0 Å². The summed E-state index contributed by atoms with van der Waals surface area (Å²) in [7, 11) is 0. The molecule has 1 saturated heterocycles.